The molecular weight excluding hydrogens is 530 g/mol. The van der Waals surface area contributed by atoms with E-state index in [9.17, 15) is 9.59 Å². The van der Waals surface area contributed by atoms with Gasteiger partial charge in [0.05, 0.1) is 0 Å². The maximum atomic E-state index is 14.2. The number of fused-ring (bicyclic) bond motifs is 1. The molecule has 4 aromatic carbocycles. The summed E-state index contributed by atoms with van der Waals surface area (Å²) in [7, 11) is 0. The van der Waals surface area contributed by atoms with Crippen LogP contribution in [0.15, 0.2) is 141 Å². The van der Waals surface area contributed by atoms with Crippen LogP contribution in [0, 0.1) is 0 Å². The predicted octanol–water partition coefficient (Wildman–Crippen LogP) is 5.45. The Bertz CT molecular complexity index is 1610. The molecule has 2 heterocycles. The zero-order valence-corrected chi connectivity index (χ0v) is 22.3. The quantitative estimate of drug-likeness (QED) is 0.291. The van der Waals surface area contributed by atoms with Crippen molar-refractivity contribution in [1.82, 2.24) is 5.32 Å². The average Bonchev–Trinajstić information content (AvgIpc) is 3.54. The van der Waals surface area contributed by atoms with Crippen LogP contribution in [0.3, 0.4) is 0 Å². The van der Waals surface area contributed by atoms with E-state index in [1.54, 1.807) is 0 Å². The Morgan fingerprint density at radius 3 is 1.52 bits per heavy atom. The molecule has 0 bridgehead atoms. The highest BCUT2D eigenvalue weighted by Gasteiger charge is 2.52. The predicted molar refractivity (Wildman–Crippen MR) is 160 cm³/mol. The monoisotopic (exact) mass is 555 g/mol. The molecule has 42 heavy (non-hydrogen) atoms. The molecule has 4 aromatic rings. The van der Waals surface area contributed by atoms with Crippen molar-refractivity contribution in [3.05, 3.63) is 144 Å². The average molecular weight is 556 g/mol. The van der Waals surface area contributed by atoms with Gasteiger partial charge < -0.3 is 9.47 Å². The topological polar surface area (TPSA) is 114 Å². The first-order valence-corrected chi connectivity index (χ1v) is 13.3. The Morgan fingerprint density at radius 1 is 0.595 bits per heavy atom. The number of rotatable bonds is 8. The van der Waals surface area contributed by atoms with Crippen LogP contribution >= 0.6 is 0 Å². The van der Waals surface area contributed by atoms with E-state index in [1.807, 2.05) is 121 Å². The summed E-state index contributed by atoms with van der Waals surface area (Å²) in [5.41, 5.74) is 0.911. The van der Waals surface area contributed by atoms with Gasteiger partial charge in [-0.05, 0) is 22.3 Å². The van der Waals surface area contributed by atoms with Crippen molar-refractivity contribution in [3.8, 4) is 0 Å². The number of hydrogen-bond donors (Lipinski definition) is 1. The number of nitrogens with one attached hydrogen (secondary N) is 1. The van der Waals surface area contributed by atoms with Gasteiger partial charge in [-0.25, -0.2) is 29.6 Å². The number of nitrogens with zero attached hydrogens (tertiary/aromatic N) is 4. The first-order chi connectivity index (χ1) is 20.6. The lowest BCUT2D eigenvalue weighted by molar-refractivity contribution is -0.152. The fraction of sp³-hybridized carbons (Fsp3) is 0.0909. The molecule has 1 atom stereocenters. The minimum Gasteiger partial charge on any atom is -0.449 e. The summed E-state index contributed by atoms with van der Waals surface area (Å²) in [6, 6.07) is 37.2. The van der Waals surface area contributed by atoms with Gasteiger partial charge in [0.1, 0.15) is 18.4 Å². The van der Waals surface area contributed by atoms with E-state index < -0.39 is 29.9 Å². The lowest BCUT2D eigenvalue weighted by atomic mass is 9.99. The molecule has 2 aliphatic rings. The molecule has 0 saturated heterocycles. The fourth-order valence-corrected chi connectivity index (χ4v) is 4.78. The Morgan fingerprint density at radius 2 is 1.05 bits per heavy atom. The summed E-state index contributed by atoms with van der Waals surface area (Å²) in [4.78, 5) is 44.6. The summed E-state index contributed by atoms with van der Waals surface area (Å²) in [6.07, 6.45) is -0.0558. The smallest absolute Gasteiger partial charge is 0.410 e. The second-order valence-electron chi connectivity index (χ2n) is 9.47. The highest BCUT2D eigenvalue weighted by atomic mass is 16.6. The maximum absolute atomic E-state index is 14.2. The molecule has 0 aliphatic carbocycles. The molecule has 206 valence electrons. The fourth-order valence-electron chi connectivity index (χ4n) is 4.78. The van der Waals surface area contributed by atoms with Crippen LogP contribution in [0.2, 0.25) is 0 Å². The van der Waals surface area contributed by atoms with E-state index in [-0.39, 0.29) is 11.5 Å². The van der Waals surface area contributed by atoms with Crippen molar-refractivity contribution < 1.29 is 19.1 Å². The van der Waals surface area contributed by atoms with E-state index in [4.69, 9.17) is 9.47 Å². The van der Waals surface area contributed by atoms with Gasteiger partial charge in [-0.15, -0.1) is 0 Å². The molecule has 1 unspecified atom stereocenters. The minimum absolute atomic E-state index is 0.0304. The lowest BCUT2D eigenvalue weighted by Crippen LogP contribution is -2.62. The van der Waals surface area contributed by atoms with E-state index in [0.29, 0.717) is 0 Å². The normalized spacial score (nSPS) is 16.9. The number of esters is 1. The van der Waals surface area contributed by atoms with Crippen LogP contribution in [-0.2, 0) is 14.3 Å². The summed E-state index contributed by atoms with van der Waals surface area (Å²) in [5, 5.41) is 2.66. The first-order valence-electron chi connectivity index (χ1n) is 13.3. The molecule has 1 amide bonds. The molecule has 2 aliphatic heterocycles. The van der Waals surface area contributed by atoms with Crippen molar-refractivity contribution in [2.75, 3.05) is 0 Å². The zero-order chi connectivity index (χ0) is 28.8. The number of ether oxygens (including phenoxy) is 2. The SMILES string of the molecule is O=C(NC1(C(=O)OC(c2ccccc2)c2ccccc2)N=CN=C2N=CN=C21)OC(c1ccccc1)c1ccccc1. The van der Waals surface area contributed by atoms with Gasteiger partial charge in [-0.1, -0.05) is 121 Å². The minimum atomic E-state index is -2.09. The molecule has 1 N–H and O–H groups in total. The summed E-state index contributed by atoms with van der Waals surface area (Å²) in [5.74, 6) is -0.734. The first kappa shape index (κ1) is 26.5. The van der Waals surface area contributed by atoms with Gasteiger partial charge in [-0.2, -0.15) is 0 Å². The Kier molecular flexibility index (Phi) is 7.46. The van der Waals surface area contributed by atoms with Crippen LogP contribution in [0.25, 0.3) is 0 Å². The number of carbonyl (C=O) groups is 2. The number of alkyl carbamates (subject to hydrolysis) is 1. The molecule has 9 heteroatoms. The van der Waals surface area contributed by atoms with Gasteiger partial charge in [-0.3, -0.25) is 5.32 Å². The van der Waals surface area contributed by atoms with Crippen LogP contribution in [0.5, 0.6) is 0 Å². The van der Waals surface area contributed by atoms with Gasteiger partial charge in [0, 0.05) is 0 Å². The van der Waals surface area contributed by atoms with Gasteiger partial charge in [0.15, 0.2) is 18.0 Å². The largest absolute Gasteiger partial charge is 0.449 e. The number of aliphatic imine (C=N–C) groups is 4. The molecule has 0 aromatic heterocycles. The van der Waals surface area contributed by atoms with Crippen LogP contribution in [-0.4, -0.2) is 41.9 Å². The van der Waals surface area contributed by atoms with Gasteiger partial charge in [0.25, 0.3) is 5.66 Å². The van der Waals surface area contributed by atoms with Crippen LogP contribution < -0.4 is 5.32 Å². The molecule has 0 saturated carbocycles. The van der Waals surface area contributed by atoms with Crippen molar-refractivity contribution in [1.29, 1.82) is 0 Å². The van der Waals surface area contributed by atoms with Gasteiger partial charge in [0.2, 0.25) is 0 Å². The van der Waals surface area contributed by atoms with Crippen molar-refractivity contribution in [2.24, 2.45) is 20.0 Å². The molecule has 0 spiro atoms. The Labute approximate surface area is 242 Å². The van der Waals surface area contributed by atoms with E-state index in [2.05, 4.69) is 25.3 Å². The molecular formula is C33H25N5O4. The maximum Gasteiger partial charge on any atom is 0.410 e. The highest BCUT2D eigenvalue weighted by molar-refractivity contribution is 6.54. The van der Waals surface area contributed by atoms with Crippen molar-refractivity contribution in [3.63, 3.8) is 0 Å². The van der Waals surface area contributed by atoms with Crippen LogP contribution in [0.4, 0.5) is 4.79 Å². The van der Waals surface area contributed by atoms with E-state index in [0.717, 1.165) is 28.6 Å². The molecule has 6 rings (SSSR count). The second-order valence-corrected chi connectivity index (χ2v) is 9.47. The third-order valence-electron chi connectivity index (χ3n) is 6.79. The van der Waals surface area contributed by atoms with Gasteiger partial charge >= 0.3 is 12.1 Å². The number of hydrogen-bond acceptors (Lipinski definition) is 8. The molecule has 0 radical (unpaired) electrons. The highest BCUT2D eigenvalue weighted by Crippen LogP contribution is 2.31. The summed E-state index contributed by atoms with van der Waals surface area (Å²) in [6.45, 7) is 0. The number of carbonyl (C=O) groups excluding carboxylic acids is 2. The Balaban J connectivity index is 1.34. The molecule has 0 fully saturated rings. The second kappa shape index (κ2) is 11.8. The van der Waals surface area contributed by atoms with E-state index >= 15 is 0 Å². The van der Waals surface area contributed by atoms with Crippen LogP contribution in [0.1, 0.15) is 34.5 Å². The standard InChI is InChI=1S/C33H25N5O4/c39-31(41-27(23-13-5-1-6-14-23)24-15-7-2-8-16-24)33(29-30(35-21-34-29)36-22-37-33)38-32(40)42-28(25-17-9-3-10-18-25)26-19-11-4-12-20-26/h1-22,27-28H,(H,38,40). The Hall–Kier alpha value is -5.70. The summed E-state index contributed by atoms with van der Waals surface area (Å²) >= 11 is 0. The van der Waals surface area contributed by atoms with E-state index in [1.165, 1.54) is 6.34 Å². The number of amidine groups is 1. The lowest BCUT2D eigenvalue weighted by Gasteiger charge is -2.32. The molecule has 9 nitrogen and oxygen atoms in total. The number of benzene rings is 4. The zero-order valence-electron chi connectivity index (χ0n) is 22.3. The summed E-state index contributed by atoms with van der Waals surface area (Å²) < 4.78 is 12.1. The number of amides is 1. The van der Waals surface area contributed by atoms with Crippen molar-refractivity contribution in [2.45, 2.75) is 17.9 Å². The third-order valence-corrected chi connectivity index (χ3v) is 6.79. The van der Waals surface area contributed by atoms with Crippen molar-refractivity contribution >= 4 is 36.3 Å². The third kappa shape index (κ3) is 5.35.